The summed E-state index contributed by atoms with van der Waals surface area (Å²) in [6.45, 7) is 10.4. The number of nitrogens with zero attached hydrogens (tertiary/aromatic N) is 2. The molecule has 1 fully saturated rings. The molecule has 3 aromatic rings. The van der Waals surface area contributed by atoms with Crippen LogP contribution in [-0.2, 0) is 11.2 Å². The zero-order valence-corrected chi connectivity index (χ0v) is 20.6. The summed E-state index contributed by atoms with van der Waals surface area (Å²) in [5.41, 5.74) is 8.44. The molecule has 1 aliphatic heterocycles. The summed E-state index contributed by atoms with van der Waals surface area (Å²) in [6.07, 6.45) is 6.38. The number of carboxylic acid groups (broad SMARTS) is 1. The van der Waals surface area contributed by atoms with Crippen LogP contribution in [0.15, 0.2) is 54.6 Å². The number of rotatable bonds is 6. The molecule has 0 amide bonds. The van der Waals surface area contributed by atoms with Gasteiger partial charge in [0, 0.05) is 35.6 Å². The maximum absolute atomic E-state index is 11.7. The van der Waals surface area contributed by atoms with Gasteiger partial charge in [-0.3, -0.25) is 9.78 Å². The number of hydrogen-bond donors (Lipinski definition) is 1. The number of carboxylic acids is 1. The van der Waals surface area contributed by atoms with Gasteiger partial charge in [0.15, 0.2) is 0 Å². The molecule has 0 spiro atoms. The summed E-state index contributed by atoms with van der Waals surface area (Å²) in [5, 5.41) is 9.62. The molecule has 2 heterocycles. The maximum Gasteiger partial charge on any atom is 0.307 e. The van der Waals surface area contributed by atoms with Crippen molar-refractivity contribution in [1.29, 1.82) is 0 Å². The number of aliphatic carboxylic acids is 1. The average molecular weight is 455 g/mol. The highest BCUT2D eigenvalue weighted by molar-refractivity contribution is 5.84. The molecule has 0 radical (unpaired) electrons. The minimum Gasteiger partial charge on any atom is -0.481 e. The van der Waals surface area contributed by atoms with Crippen molar-refractivity contribution in [2.45, 2.75) is 47.0 Å². The van der Waals surface area contributed by atoms with Crippen molar-refractivity contribution in [3.05, 3.63) is 82.7 Å². The Kier molecular flexibility index (Phi) is 6.87. The highest BCUT2D eigenvalue weighted by atomic mass is 16.4. The van der Waals surface area contributed by atoms with Crippen molar-refractivity contribution in [1.82, 2.24) is 4.98 Å². The molecule has 0 atom stereocenters. The van der Waals surface area contributed by atoms with Crippen LogP contribution in [0.3, 0.4) is 0 Å². The van der Waals surface area contributed by atoms with Gasteiger partial charge in [0.05, 0.1) is 12.1 Å². The molecule has 176 valence electrons. The van der Waals surface area contributed by atoms with E-state index in [0.717, 1.165) is 59.7 Å². The number of benzene rings is 2. The third kappa shape index (κ3) is 5.39. The molecule has 1 saturated heterocycles. The van der Waals surface area contributed by atoms with Gasteiger partial charge < -0.3 is 10.0 Å². The lowest BCUT2D eigenvalue weighted by atomic mass is 9.82. The fraction of sp³-hybridized carbons (Fsp3) is 0.333. The lowest BCUT2D eigenvalue weighted by Gasteiger charge is -2.40. The smallest absolute Gasteiger partial charge is 0.307 e. The SMILES string of the molecule is Cc1nc(C)c(CC(=O)O)c(N2CCC(C)(C)CC2)c1/C=C/c1ccc(-c2ccccc2)cc1. The fourth-order valence-electron chi connectivity index (χ4n) is 4.74. The average Bonchev–Trinajstić information content (AvgIpc) is 2.81. The number of piperidine rings is 1. The van der Waals surface area contributed by atoms with Crippen molar-refractivity contribution < 1.29 is 9.90 Å². The van der Waals surface area contributed by atoms with E-state index in [4.69, 9.17) is 4.98 Å². The second-order valence-electron chi connectivity index (χ2n) is 10.1. The number of hydrogen-bond acceptors (Lipinski definition) is 3. The minimum atomic E-state index is -0.821. The van der Waals surface area contributed by atoms with Gasteiger partial charge in [-0.05, 0) is 48.8 Å². The van der Waals surface area contributed by atoms with Crippen LogP contribution < -0.4 is 4.90 Å². The summed E-state index contributed by atoms with van der Waals surface area (Å²) in [6, 6.07) is 18.9. The molecule has 1 aliphatic rings. The van der Waals surface area contributed by atoms with Crippen LogP contribution in [0.4, 0.5) is 5.69 Å². The molecule has 0 unspecified atom stereocenters. The first-order valence-electron chi connectivity index (χ1n) is 12.0. The van der Waals surface area contributed by atoms with E-state index in [2.05, 4.69) is 67.3 Å². The largest absolute Gasteiger partial charge is 0.481 e. The molecule has 34 heavy (non-hydrogen) atoms. The third-order valence-electron chi connectivity index (χ3n) is 6.92. The summed E-state index contributed by atoms with van der Waals surface area (Å²) in [5.74, 6) is -0.821. The van der Waals surface area contributed by atoms with Gasteiger partial charge >= 0.3 is 5.97 Å². The van der Waals surface area contributed by atoms with Crippen molar-refractivity contribution in [2.75, 3.05) is 18.0 Å². The lowest BCUT2D eigenvalue weighted by molar-refractivity contribution is -0.136. The third-order valence-corrected chi connectivity index (χ3v) is 6.92. The Bertz CT molecular complexity index is 1180. The van der Waals surface area contributed by atoms with E-state index < -0.39 is 5.97 Å². The van der Waals surface area contributed by atoms with E-state index in [1.54, 1.807) is 0 Å². The van der Waals surface area contributed by atoms with Crippen LogP contribution in [0.2, 0.25) is 0 Å². The van der Waals surface area contributed by atoms with Gasteiger partial charge in [-0.25, -0.2) is 0 Å². The second-order valence-corrected chi connectivity index (χ2v) is 10.1. The van der Waals surface area contributed by atoms with Crippen LogP contribution in [0.1, 0.15) is 54.8 Å². The Labute approximate surface area is 203 Å². The lowest BCUT2D eigenvalue weighted by Crippen LogP contribution is -2.38. The molecular weight excluding hydrogens is 420 g/mol. The number of pyridine rings is 1. The summed E-state index contributed by atoms with van der Waals surface area (Å²) in [4.78, 5) is 18.8. The van der Waals surface area contributed by atoms with Gasteiger partial charge in [-0.1, -0.05) is 80.6 Å². The monoisotopic (exact) mass is 454 g/mol. The molecule has 1 N–H and O–H groups in total. The molecule has 0 bridgehead atoms. The van der Waals surface area contributed by atoms with Gasteiger partial charge in [-0.2, -0.15) is 0 Å². The fourth-order valence-corrected chi connectivity index (χ4v) is 4.74. The molecule has 1 aromatic heterocycles. The van der Waals surface area contributed by atoms with Crippen molar-refractivity contribution >= 4 is 23.8 Å². The summed E-state index contributed by atoms with van der Waals surface area (Å²) < 4.78 is 0. The second kappa shape index (κ2) is 9.84. The Morgan fingerprint density at radius 1 is 0.941 bits per heavy atom. The van der Waals surface area contributed by atoms with E-state index in [1.807, 2.05) is 32.0 Å². The maximum atomic E-state index is 11.7. The first-order valence-corrected chi connectivity index (χ1v) is 12.0. The zero-order valence-electron chi connectivity index (χ0n) is 20.6. The molecule has 4 nitrogen and oxygen atoms in total. The topological polar surface area (TPSA) is 53.4 Å². The van der Waals surface area contributed by atoms with Crippen LogP contribution in [0.5, 0.6) is 0 Å². The predicted molar refractivity (Wildman–Crippen MR) is 141 cm³/mol. The Balaban J connectivity index is 1.70. The van der Waals surface area contributed by atoms with Crippen LogP contribution in [0.25, 0.3) is 23.3 Å². The van der Waals surface area contributed by atoms with Crippen LogP contribution >= 0.6 is 0 Å². The van der Waals surface area contributed by atoms with Gasteiger partial charge in [0.2, 0.25) is 0 Å². The standard InChI is InChI=1S/C30H34N2O2/c1-21-26(15-12-23-10-13-25(14-11-23)24-8-6-5-7-9-24)29(27(20-28(33)34)22(2)31-21)32-18-16-30(3,4)17-19-32/h5-15H,16-20H2,1-4H3,(H,33,34)/b15-12+. The van der Waals surface area contributed by atoms with E-state index in [-0.39, 0.29) is 6.42 Å². The van der Waals surface area contributed by atoms with Crippen LogP contribution in [0, 0.1) is 19.3 Å². The Morgan fingerprint density at radius 3 is 2.18 bits per heavy atom. The number of aromatic nitrogens is 1. The molecular formula is C30H34N2O2. The Morgan fingerprint density at radius 2 is 1.56 bits per heavy atom. The molecule has 2 aromatic carbocycles. The molecule has 0 saturated carbocycles. The van der Waals surface area contributed by atoms with E-state index >= 15 is 0 Å². The summed E-state index contributed by atoms with van der Waals surface area (Å²) >= 11 is 0. The number of carbonyl (C=O) groups is 1. The van der Waals surface area contributed by atoms with Crippen molar-refractivity contribution in [3.8, 4) is 11.1 Å². The zero-order chi connectivity index (χ0) is 24.3. The normalized spacial score (nSPS) is 15.6. The highest BCUT2D eigenvalue weighted by Gasteiger charge is 2.29. The highest BCUT2D eigenvalue weighted by Crippen LogP contribution is 2.37. The van der Waals surface area contributed by atoms with Crippen LogP contribution in [-0.4, -0.2) is 29.1 Å². The molecule has 4 rings (SSSR count). The first-order chi connectivity index (χ1) is 16.2. The van der Waals surface area contributed by atoms with E-state index in [0.29, 0.717) is 5.41 Å². The number of aryl methyl sites for hydroxylation is 2. The molecule has 0 aliphatic carbocycles. The summed E-state index contributed by atoms with van der Waals surface area (Å²) in [7, 11) is 0. The minimum absolute atomic E-state index is 0.0129. The quantitative estimate of drug-likeness (QED) is 0.445. The van der Waals surface area contributed by atoms with E-state index in [1.165, 1.54) is 11.1 Å². The molecule has 4 heteroatoms. The van der Waals surface area contributed by atoms with Gasteiger partial charge in [0.1, 0.15) is 0 Å². The van der Waals surface area contributed by atoms with Gasteiger partial charge in [-0.15, -0.1) is 0 Å². The number of anilines is 1. The van der Waals surface area contributed by atoms with Crippen molar-refractivity contribution in [2.24, 2.45) is 5.41 Å². The van der Waals surface area contributed by atoms with E-state index in [9.17, 15) is 9.90 Å². The van der Waals surface area contributed by atoms with Crippen molar-refractivity contribution in [3.63, 3.8) is 0 Å². The predicted octanol–water partition coefficient (Wildman–Crippen LogP) is 6.79. The first kappa shape index (κ1) is 23.7. The van der Waals surface area contributed by atoms with Gasteiger partial charge in [0.25, 0.3) is 0 Å². The Hall–Kier alpha value is -3.40.